The molecule has 6 nitrogen and oxygen atoms in total. The van der Waals surface area contributed by atoms with Gasteiger partial charge in [-0.3, -0.25) is 4.79 Å². The van der Waals surface area contributed by atoms with Crippen LogP contribution < -0.4 is 10.5 Å². The molecule has 3 atom stereocenters. The second-order valence-corrected chi connectivity index (χ2v) is 6.92. The van der Waals surface area contributed by atoms with Gasteiger partial charge >= 0.3 is 0 Å². The second-order valence-electron chi connectivity index (χ2n) is 5.36. The summed E-state index contributed by atoms with van der Waals surface area (Å²) in [5.74, 6) is -0.173. The van der Waals surface area contributed by atoms with Crippen molar-refractivity contribution in [2.24, 2.45) is 5.14 Å². The van der Waals surface area contributed by atoms with Crippen LogP contribution in [0.5, 0.6) is 0 Å². The summed E-state index contributed by atoms with van der Waals surface area (Å²) in [7, 11) is -3.75. The van der Waals surface area contributed by atoms with Crippen molar-refractivity contribution >= 4 is 15.9 Å². The summed E-state index contributed by atoms with van der Waals surface area (Å²) in [6.45, 7) is 3.73. The number of hydrogen-bond donors (Lipinski definition) is 2. The third-order valence-electron chi connectivity index (χ3n) is 3.57. The number of carbonyl (C=O) groups excluding carboxylic acids is 1. The van der Waals surface area contributed by atoms with Crippen LogP contribution in [0.1, 0.15) is 38.3 Å². The van der Waals surface area contributed by atoms with Crippen LogP contribution >= 0.6 is 0 Å². The van der Waals surface area contributed by atoms with Crippen molar-refractivity contribution in [1.29, 1.82) is 0 Å². The summed E-state index contributed by atoms with van der Waals surface area (Å²) in [4.78, 5) is 12.1. The summed E-state index contributed by atoms with van der Waals surface area (Å²) in [6, 6.07) is 5.93. The van der Waals surface area contributed by atoms with Crippen LogP contribution in [0, 0.1) is 0 Å². The lowest BCUT2D eigenvalue weighted by molar-refractivity contribution is -0.132. The minimum Gasteiger partial charge on any atom is -0.365 e. The van der Waals surface area contributed by atoms with Crippen molar-refractivity contribution in [2.45, 2.75) is 49.8 Å². The van der Waals surface area contributed by atoms with Gasteiger partial charge in [0.1, 0.15) is 6.10 Å². The molecule has 1 saturated heterocycles. The standard InChI is InChI=1S/C14H20N2O4S/c1-9-6-7-13(20-9)14(17)16-10(2)11-4-3-5-12(8-11)21(15,18)19/h3-5,8-10,13H,6-7H2,1-2H3,(H,16,17)(H2,15,18,19). The molecule has 116 valence electrons. The summed E-state index contributed by atoms with van der Waals surface area (Å²) < 4.78 is 28.2. The molecule has 1 aromatic rings. The maximum atomic E-state index is 12.1. The van der Waals surface area contributed by atoms with Crippen molar-refractivity contribution in [3.05, 3.63) is 29.8 Å². The van der Waals surface area contributed by atoms with Crippen LogP contribution in [0.2, 0.25) is 0 Å². The number of rotatable bonds is 4. The van der Waals surface area contributed by atoms with E-state index >= 15 is 0 Å². The first kappa shape index (κ1) is 15.9. The van der Waals surface area contributed by atoms with E-state index in [2.05, 4.69) is 5.32 Å². The summed E-state index contributed by atoms with van der Waals surface area (Å²) >= 11 is 0. The van der Waals surface area contributed by atoms with Crippen molar-refractivity contribution in [1.82, 2.24) is 5.32 Å². The van der Waals surface area contributed by atoms with Crippen LogP contribution in [0.4, 0.5) is 0 Å². The monoisotopic (exact) mass is 312 g/mol. The lowest BCUT2D eigenvalue weighted by Crippen LogP contribution is -2.36. The number of hydrogen-bond acceptors (Lipinski definition) is 4. The summed E-state index contributed by atoms with van der Waals surface area (Å²) in [5, 5.41) is 7.94. The summed E-state index contributed by atoms with van der Waals surface area (Å²) in [5.41, 5.74) is 0.681. The highest BCUT2D eigenvalue weighted by Gasteiger charge is 2.29. The Morgan fingerprint density at radius 1 is 1.43 bits per heavy atom. The molecule has 1 aromatic carbocycles. The number of sulfonamides is 1. The molecule has 3 N–H and O–H groups in total. The molecule has 0 spiro atoms. The van der Waals surface area contributed by atoms with Crippen LogP contribution in [-0.2, 0) is 19.6 Å². The van der Waals surface area contributed by atoms with Gasteiger partial charge in [-0.25, -0.2) is 13.6 Å². The maximum Gasteiger partial charge on any atom is 0.249 e. The first-order chi connectivity index (χ1) is 9.77. The van der Waals surface area contributed by atoms with Gasteiger partial charge in [0.2, 0.25) is 15.9 Å². The molecule has 0 aromatic heterocycles. The molecule has 2 rings (SSSR count). The Bertz CT molecular complexity index is 630. The number of primary sulfonamides is 1. The molecule has 3 unspecified atom stereocenters. The van der Waals surface area contributed by atoms with Gasteiger partial charge in [0.05, 0.1) is 17.0 Å². The highest BCUT2D eigenvalue weighted by molar-refractivity contribution is 7.89. The maximum absolute atomic E-state index is 12.1. The van der Waals surface area contributed by atoms with Crippen molar-refractivity contribution in [3.63, 3.8) is 0 Å². The predicted molar refractivity (Wildman–Crippen MR) is 77.9 cm³/mol. The SMILES string of the molecule is CC1CCC(C(=O)NC(C)c2cccc(S(N)(=O)=O)c2)O1. The zero-order valence-electron chi connectivity index (χ0n) is 12.1. The molecule has 1 amide bonds. The largest absolute Gasteiger partial charge is 0.365 e. The van der Waals surface area contributed by atoms with E-state index in [1.165, 1.54) is 12.1 Å². The molecule has 1 aliphatic heterocycles. The third kappa shape index (κ3) is 4.03. The summed E-state index contributed by atoms with van der Waals surface area (Å²) in [6.07, 6.45) is 1.25. The van der Waals surface area contributed by atoms with Crippen LogP contribution in [-0.4, -0.2) is 26.5 Å². The van der Waals surface area contributed by atoms with E-state index in [9.17, 15) is 13.2 Å². The molecule has 21 heavy (non-hydrogen) atoms. The third-order valence-corrected chi connectivity index (χ3v) is 4.48. The molecule has 1 heterocycles. The number of benzene rings is 1. The Hall–Kier alpha value is -1.44. The van der Waals surface area contributed by atoms with E-state index < -0.39 is 16.1 Å². The molecular formula is C14H20N2O4S. The molecule has 0 aliphatic carbocycles. The molecule has 1 aliphatic rings. The first-order valence-electron chi connectivity index (χ1n) is 6.86. The fourth-order valence-corrected chi connectivity index (χ4v) is 2.91. The quantitative estimate of drug-likeness (QED) is 0.869. The fourth-order valence-electron chi connectivity index (χ4n) is 2.35. The van der Waals surface area contributed by atoms with Crippen molar-refractivity contribution in [3.8, 4) is 0 Å². The van der Waals surface area contributed by atoms with Gasteiger partial charge in [-0.15, -0.1) is 0 Å². The number of carbonyl (C=O) groups is 1. The highest BCUT2D eigenvalue weighted by atomic mass is 32.2. The Morgan fingerprint density at radius 3 is 2.71 bits per heavy atom. The number of nitrogens with one attached hydrogen (secondary N) is 1. The van der Waals surface area contributed by atoms with E-state index in [4.69, 9.17) is 9.88 Å². The second kappa shape index (κ2) is 6.13. The average Bonchev–Trinajstić information content (AvgIpc) is 2.84. The molecule has 0 bridgehead atoms. The zero-order chi connectivity index (χ0) is 15.6. The Kier molecular flexibility index (Phi) is 4.65. The van der Waals surface area contributed by atoms with E-state index in [-0.39, 0.29) is 22.9 Å². The normalized spacial score (nSPS) is 23.8. The van der Waals surface area contributed by atoms with Crippen LogP contribution in [0.15, 0.2) is 29.2 Å². The number of nitrogens with two attached hydrogens (primary N) is 1. The van der Waals surface area contributed by atoms with Gasteiger partial charge in [0.15, 0.2) is 0 Å². The smallest absolute Gasteiger partial charge is 0.249 e. The fraction of sp³-hybridized carbons (Fsp3) is 0.500. The first-order valence-corrected chi connectivity index (χ1v) is 8.40. The van der Waals surface area contributed by atoms with Crippen LogP contribution in [0.25, 0.3) is 0 Å². The number of ether oxygens (including phenoxy) is 1. The molecular weight excluding hydrogens is 292 g/mol. The Morgan fingerprint density at radius 2 is 2.14 bits per heavy atom. The van der Waals surface area contributed by atoms with Gasteiger partial charge in [0, 0.05) is 0 Å². The van der Waals surface area contributed by atoms with E-state index in [1.807, 2.05) is 6.92 Å². The number of amides is 1. The van der Waals surface area contributed by atoms with Crippen molar-refractivity contribution < 1.29 is 17.9 Å². The van der Waals surface area contributed by atoms with Gasteiger partial charge in [0.25, 0.3) is 0 Å². The van der Waals surface area contributed by atoms with Gasteiger partial charge in [-0.1, -0.05) is 12.1 Å². The predicted octanol–water partition coefficient (Wildman–Crippen LogP) is 1.08. The van der Waals surface area contributed by atoms with E-state index in [0.29, 0.717) is 12.0 Å². The highest BCUT2D eigenvalue weighted by Crippen LogP contribution is 2.21. The van der Waals surface area contributed by atoms with Gasteiger partial charge in [-0.05, 0) is 44.4 Å². The lowest BCUT2D eigenvalue weighted by Gasteiger charge is -2.18. The Labute approximate surface area is 124 Å². The van der Waals surface area contributed by atoms with E-state index in [1.54, 1.807) is 19.1 Å². The molecule has 0 saturated carbocycles. The Balaban J connectivity index is 2.07. The zero-order valence-corrected chi connectivity index (χ0v) is 12.9. The van der Waals surface area contributed by atoms with Gasteiger partial charge in [-0.2, -0.15) is 0 Å². The van der Waals surface area contributed by atoms with Crippen molar-refractivity contribution in [2.75, 3.05) is 0 Å². The molecule has 0 radical (unpaired) electrons. The van der Waals surface area contributed by atoms with Gasteiger partial charge < -0.3 is 10.1 Å². The average molecular weight is 312 g/mol. The molecule has 1 fully saturated rings. The minimum absolute atomic E-state index is 0.0341. The lowest BCUT2D eigenvalue weighted by atomic mass is 10.1. The molecule has 7 heteroatoms. The van der Waals surface area contributed by atoms with Crippen LogP contribution in [0.3, 0.4) is 0 Å². The minimum atomic E-state index is -3.75. The topological polar surface area (TPSA) is 98.5 Å². The van der Waals surface area contributed by atoms with E-state index in [0.717, 1.165) is 6.42 Å².